The Hall–Kier alpha value is -0.470. The van der Waals surface area contributed by atoms with Gasteiger partial charge < -0.3 is 10.5 Å². The van der Waals surface area contributed by atoms with Crippen molar-refractivity contribution in [1.29, 1.82) is 0 Å². The van der Waals surface area contributed by atoms with E-state index in [-0.39, 0.29) is 17.1 Å². The molecule has 1 aliphatic heterocycles. The summed E-state index contributed by atoms with van der Waals surface area (Å²) in [5, 5.41) is 0. The van der Waals surface area contributed by atoms with E-state index in [2.05, 4.69) is 15.9 Å². The van der Waals surface area contributed by atoms with Gasteiger partial charge in [-0.15, -0.1) is 0 Å². The molecule has 2 N–H and O–H groups in total. The van der Waals surface area contributed by atoms with E-state index in [9.17, 15) is 8.42 Å². The molecule has 20 heavy (non-hydrogen) atoms. The summed E-state index contributed by atoms with van der Waals surface area (Å²) >= 11 is 3.33. The fraction of sp³-hybridized carbons (Fsp3) is 0.538. The van der Waals surface area contributed by atoms with E-state index in [1.54, 1.807) is 18.2 Å². The molecule has 1 aliphatic rings. The SMILES string of the molecule is C[C@@H]1CN(S(=O)(=O)c2ccc(CN)cc2Br)C[C@H](C)O1. The maximum Gasteiger partial charge on any atom is 0.244 e. The molecule has 1 heterocycles. The fourth-order valence-electron chi connectivity index (χ4n) is 2.35. The standard InChI is InChI=1S/C13H19BrN2O3S/c1-9-7-16(8-10(2)19-9)20(17,18)13-4-3-11(6-15)5-12(13)14/h3-5,9-10H,6-8,15H2,1-2H3/t9-,10+. The second-order valence-electron chi connectivity index (χ2n) is 5.05. The molecular weight excluding hydrogens is 344 g/mol. The van der Waals surface area contributed by atoms with Crippen LogP contribution in [0.15, 0.2) is 27.6 Å². The molecule has 1 aromatic rings. The van der Waals surface area contributed by atoms with Gasteiger partial charge in [0.15, 0.2) is 0 Å². The minimum Gasteiger partial charge on any atom is -0.373 e. The Bertz CT molecular complexity index is 581. The van der Waals surface area contributed by atoms with Crippen molar-refractivity contribution in [2.75, 3.05) is 13.1 Å². The lowest BCUT2D eigenvalue weighted by molar-refractivity contribution is -0.0440. The van der Waals surface area contributed by atoms with Crippen molar-refractivity contribution in [3.8, 4) is 0 Å². The largest absolute Gasteiger partial charge is 0.373 e. The summed E-state index contributed by atoms with van der Waals surface area (Å²) in [6.07, 6.45) is -0.203. The molecule has 1 fully saturated rings. The second-order valence-corrected chi connectivity index (χ2v) is 7.81. The Balaban J connectivity index is 2.35. The lowest BCUT2D eigenvalue weighted by atomic mass is 10.2. The highest BCUT2D eigenvalue weighted by Crippen LogP contribution is 2.28. The number of halogens is 1. The van der Waals surface area contributed by atoms with Gasteiger partial charge in [-0.2, -0.15) is 4.31 Å². The Labute approximate surface area is 128 Å². The topological polar surface area (TPSA) is 72.6 Å². The number of nitrogens with zero attached hydrogens (tertiary/aromatic N) is 1. The predicted octanol–water partition coefficient (Wildman–Crippen LogP) is 1.71. The molecule has 2 rings (SSSR count). The predicted molar refractivity (Wildman–Crippen MR) is 80.8 cm³/mol. The molecule has 0 bridgehead atoms. The molecule has 1 aromatic carbocycles. The number of nitrogens with two attached hydrogens (primary N) is 1. The van der Waals surface area contributed by atoms with Crippen LogP contribution in [0.5, 0.6) is 0 Å². The van der Waals surface area contributed by atoms with Crippen LogP contribution in [0.4, 0.5) is 0 Å². The van der Waals surface area contributed by atoms with Crippen molar-refractivity contribution < 1.29 is 13.2 Å². The maximum absolute atomic E-state index is 12.7. The van der Waals surface area contributed by atoms with Crippen LogP contribution in [-0.2, 0) is 21.3 Å². The molecule has 1 saturated heterocycles. The molecule has 5 nitrogen and oxygen atoms in total. The molecule has 0 unspecified atom stereocenters. The second kappa shape index (κ2) is 6.11. The highest BCUT2D eigenvalue weighted by atomic mass is 79.9. The third-order valence-corrected chi connectivity index (χ3v) is 6.04. The van der Waals surface area contributed by atoms with Crippen LogP contribution in [0.2, 0.25) is 0 Å². The van der Waals surface area contributed by atoms with Gasteiger partial charge >= 0.3 is 0 Å². The molecule has 0 aliphatic carbocycles. The summed E-state index contributed by atoms with van der Waals surface area (Å²) in [6.45, 7) is 4.88. The summed E-state index contributed by atoms with van der Waals surface area (Å²) < 4.78 is 33.0. The first-order chi connectivity index (χ1) is 9.34. The van der Waals surface area contributed by atoms with Crippen molar-refractivity contribution in [2.24, 2.45) is 5.73 Å². The average molecular weight is 363 g/mol. The van der Waals surface area contributed by atoms with Gasteiger partial charge in [-0.1, -0.05) is 6.07 Å². The molecule has 0 radical (unpaired) electrons. The van der Waals surface area contributed by atoms with E-state index in [0.717, 1.165) is 5.56 Å². The van der Waals surface area contributed by atoms with E-state index < -0.39 is 10.0 Å². The van der Waals surface area contributed by atoms with Crippen molar-refractivity contribution in [3.05, 3.63) is 28.2 Å². The quantitative estimate of drug-likeness (QED) is 0.887. The van der Waals surface area contributed by atoms with Crippen LogP contribution in [0, 0.1) is 0 Å². The molecule has 0 aromatic heterocycles. The van der Waals surface area contributed by atoms with E-state index in [0.29, 0.717) is 24.1 Å². The van der Waals surface area contributed by atoms with Crippen molar-refractivity contribution in [2.45, 2.75) is 37.5 Å². The van der Waals surface area contributed by atoms with Gasteiger partial charge in [0.2, 0.25) is 10.0 Å². The normalized spacial score (nSPS) is 24.8. The number of rotatable bonds is 3. The molecule has 0 saturated carbocycles. The van der Waals surface area contributed by atoms with Crippen LogP contribution in [-0.4, -0.2) is 38.0 Å². The number of morpholine rings is 1. The number of sulfonamides is 1. The van der Waals surface area contributed by atoms with Gasteiger partial charge in [0.25, 0.3) is 0 Å². The third kappa shape index (κ3) is 3.23. The van der Waals surface area contributed by atoms with E-state index in [1.807, 2.05) is 13.8 Å². The van der Waals surface area contributed by atoms with Crippen LogP contribution in [0.25, 0.3) is 0 Å². The monoisotopic (exact) mass is 362 g/mol. The van der Waals surface area contributed by atoms with Gasteiger partial charge in [0, 0.05) is 24.1 Å². The first-order valence-electron chi connectivity index (χ1n) is 6.48. The van der Waals surface area contributed by atoms with Crippen molar-refractivity contribution in [1.82, 2.24) is 4.31 Å². The third-order valence-electron chi connectivity index (χ3n) is 3.24. The Kier molecular flexibility index (Phi) is 4.86. The molecule has 0 spiro atoms. The minimum atomic E-state index is -3.52. The summed E-state index contributed by atoms with van der Waals surface area (Å²) in [4.78, 5) is 0.274. The summed E-state index contributed by atoms with van der Waals surface area (Å²) in [7, 11) is -3.52. The maximum atomic E-state index is 12.7. The van der Waals surface area contributed by atoms with E-state index in [4.69, 9.17) is 10.5 Å². The Morgan fingerprint density at radius 1 is 1.35 bits per heavy atom. The van der Waals surface area contributed by atoms with Crippen LogP contribution < -0.4 is 5.73 Å². The van der Waals surface area contributed by atoms with Crippen LogP contribution in [0.1, 0.15) is 19.4 Å². The highest BCUT2D eigenvalue weighted by molar-refractivity contribution is 9.10. The van der Waals surface area contributed by atoms with Crippen molar-refractivity contribution >= 4 is 26.0 Å². The summed E-state index contributed by atoms with van der Waals surface area (Å²) in [5.74, 6) is 0. The molecule has 0 amide bonds. The van der Waals surface area contributed by atoms with Gasteiger partial charge in [0.05, 0.1) is 17.1 Å². The number of hydrogen-bond donors (Lipinski definition) is 1. The zero-order valence-electron chi connectivity index (χ0n) is 11.5. The molecular formula is C13H19BrN2O3S. The summed E-state index contributed by atoms with van der Waals surface area (Å²) in [6, 6.07) is 5.09. The van der Waals surface area contributed by atoms with Gasteiger partial charge in [-0.25, -0.2) is 8.42 Å². The first-order valence-corrected chi connectivity index (χ1v) is 8.72. The Morgan fingerprint density at radius 2 is 1.95 bits per heavy atom. The highest BCUT2D eigenvalue weighted by Gasteiger charge is 2.33. The number of ether oxygens (including phenoxy) is 1. The number of hydrogen-bond acceptors (Lipinski definition) is 4. The molecule has 7 heteroatoms. The lowest BCUT2D eigenvalue weighted by Gasteiger charge is -2.34. The fourth-order valence-corrected chi connectivity index (χ4v) is 5.02. The van der Waals surface area contributed by atoms with Gasteiger partial charge in [-0.3, -0.25) is 0 Å². The van der Waals surface area contributed by atoms with Gasteiger partial charge in [0.1, 0.15) is 0 Å². The van der Waals surface area contributed by atoms with Crippen LogP contribution in [0.3, 0.4) is 0 Å². The summed E-state index contributed by atoms with van der Waals surface area (Å²) in [5.41, 5.74) is 6.45. The number of benzene rings is 1. The van der Waals surface area contributed by atoms with Gasteiger partial charge in [-0.05, 0) is 47.5 Å². The van der Waals surface area contributed by atoms with E-state index in [1.165, 1.54) is 4.31 Å². The average Bonchev–Trinajstić information content (AvgIpc) is 2.37. The molecule has 112 valence electrons. The zero-order valence-corrected chi connectivity index (χ0v) is 13.9. The zero-order chi connectivity index (χ0) is 14.9. The smallest absolute Gasteiger partial charge is 0.244 e. The van der Waals surface area contributed by atoms with E-state index >= 15 is 0 Å². The minimum absolute atomic E-state index is 0.101. The van der Waals surface area contributed by atoms with Crippen molar-refractivity contribution in [3.63, 3.8) is 0 Å². The van der Waals surface area contributed by atoms with Crippen LogP contribution >= 0.6 is 15.9 Å². The lowest BCUT2D eigenvalue weighted by Crippen LogP contribution is -2.48. The first kappa shape index (κ1) is 15.9. The Morgan fingerprint density at radius 3 is 2.45 bits per heavy atom. The molecule has 2 atom stereocenters.